The summed E-state index contributed by atoms with van der Waals surface area (Å²) in [5, 5.41) is 3.02. The highest BCUT2D eigenvalue weighted by atomic mass is 16.2. The Hall–Kier alpha value is -2.66. The van der Waals surface area contributed by atoms with Crippen molar-refractivity contribution in [3.63, 3.8) is 0 Å². The Labute approximate surface area is 199 Å². The molecule has 0 spiro atoms. The second-order valence-corrected chi connectivity index (χ2v) is 11.0. The van der Waals surface area contributed by atoms with Crippen molar-refractivity contribution in [3.05, 3.63) is 70.8 Å². The summed E-state index contributed by atoms with van der Waals surface area (Å²) in [4.78, 5) is 29.5. The Morgan fingerprint density at radius 1 is 0.727 bits per heavy atom. The molecule has 0 bridgehead atoms. The van der Waals surface area contributed by atoms with E-state index in [1.54, 1.807) is 0 Å². The van der Waals surface area contributed by atoms with Gasteiger partial charge in [0.05, 0.1) is 0 Å². The first-order valence-electron chi connectivity index (χ1n) is 12.0. The van der Waals surface area contributed by atoms with Gasteiger partial charge in [-0.05, 0) is 46.2 Å². The van der Waals surface area contributed by atoms with E-state index in [9.17, 15) is 9.59 Å². The standard InChI is InChI=1S/C28H39N3O2/c1-27(2,3)23-11-7-21(8-12-23)25(32)29-15-16-30-17-19-31(20-18-30)26(33)22-9-13-24(14-10-22)28(4,5)6/h7-14H,15-20H2,1-6H3,(H,29,32). The third kappa shape index (κ3) is 6.67. The Balaban J connectivity index is 1.42. The lowest BCUT2D eigenvalue weighted by molar-refractivity contribution is 0.0638. The molecule has 1 aliphatic heterocycles. The molecular weight excluding hydrogens is 410 g/mol. The van der Waals surface area contributed by atoms with Crippen LogP contribution in [0.4, 0.5) is 0 Å². The second-order valence-electron chi connectivity index (χ2n) is 11.0. The van der Waals surface area contributed by atoms with Crippen LogP contribution < -0.4 is 5.32 Å². The summed E-state index contributed by atoms with van der Waals surface area (Å²) >= 11 is 0. The molecule has 0 atom stereocenters. The van der Waals surface area contributed by atoms with Crippen molar-refractivity contribution in [1.82, 2.24) is 15.1 Å². The number of rotatable bonds is 5. The molecule has 0 unspecified atom stereocenters. The number of benzene rings is 2. The average Bonchev–Trinajstić information content (AvgIpc) is 2.78. The summed E-state index contributed by atoms with van der Waals surface area (Å²) in [6, 6.07) is 15.9. The molecule has 0 radical (unpaired) electrons. The predicted octanol–water partition coefficient (Wildman–Crippen LogP) is 4.47. The highest BCUT2D eigenvalue weighted by Crippen LogP contribution is 2.23. The molecule has 1 aliphatic rings. The van der Waals surface area contributed by atoms with Crippen LogP contribution in [0, 0.1) is 0 Å². The van der Waals surface area contributed by atoms with E-state index in [4.69, 9.17) is 0 Å². The van der Waals surface area contributed by atoms with E-state index >= 15 is 0 Å². The smallest absolute Gasteiger partial charge is 0.253 e. The SMILES string of the molecule is CC(C)(C)c1ccc(C(=O)NCCN2CCN(C(=O)c3ccc(C(C)(C)C)cc3)CC2)cc1. The van der Waals surface area contributed by atoms with Gasteiger partial charge in [-0.1, -0.05) is 65.8 Å². The highest BCUT2D eigenvalue weighted by molar-refractivity contribution is 5.94. The van der Waals surface area contributed by atoms with Crippen molar-refractivity contribution in [2.24, 2.45) is 0 Å². The van der Waals surface area contributed by atoms with E-state index < -0.39 is 0 Å². The van der Waals surface area contributed by atoms with Gasteiger partial charge in [0.25, 0.3) is 11.8 Å². The zero-order valence-corrected chi connectivity index (χ0v) is 21.1. The van der Waals surface area contributed by atoms with Crippen LogP contribution in [0.15, 0.2) is 48.5 Å². The largest absolute Gasteiger partial charge is 0.351 e. The number of amides is 2. The average molecular weight is 450 g/mol. The molecule has 2 aromatic rings. The molecule has 1 heterocycles. The Kier molecular flexibility index (Phi) is 7.63. The van der Waals surface area contributed by atoms with E-state index in [-0.39, 0.29) is 22.6 Å². The molecule has 33 heavy (non-hydrogen) atoms. The summed E-state index contributed by atoms with van der Waals surface area (Å²) in [6.45, 7) is 17.5. The topological polar surface area (TPSA) is 52.7 Å². The van der Waals surface area contributed by atoms with Crippen molar-refractivity contribution in [2.75, 3.05) is 39.3 Å². The zero-order valence-electron chi connectivity index (χ0n) is 21.1. The number of carbonyl (C=O) groups excluding carboxylic acids is 2. The van der Waals surface area contributed by atoms with Crippen molar-refractivity contribution in [2.45, 2.75) is 52.4 Å². The molecule has 1 saturated heterocycles. The summed E-state index contributed by atoms with van der Waals surface area (Å²) < 4.78 is 0. The molecule has 0 aromatic heterocycles. The minimum Gasteiger partial charge on any atom is -0.351 e. The van der Waals surface area contributed by atoms with Gasteiger partial charge in [0.1, 0.15) is 0 Å². The summed E-state index contributed by atoms with van der Waals surface area (Å²) in [6.07, 6.45) is 0. The number of hydrogen-bond acceptors (Lipinski definition) is 3. The normalized spacial score (nSPS) is 15.4. The van der Waals surface area contributed by atoms with Crippen LogP contribution in [0.25, 0.3) is 0 Å². The van der Waals surface area contributed by atoms with Crippen LogP contribution in [0.2, 0.25) is 0 Å². The first-order chi connectivity index (χ1) is 15.4. The lowest BCUT2D eigenvalue weighted by Crippen LogP contribution is -2.50. The number of carbonyl (C=O) groups is 2. The maximum atomic E-state index is 12.9. The number of nitrogens with zero attached hydrogens (tertiary/aromatic N) is 2. The monoisotopic (exact) mass is 449 g/mol. The highest BCUT2D eigenvalue weighted by Gasteiger charge is 2.23. The van der Waals surface area contributed by atoms with Gasteiger partial charge in [-0.25, -0.2) is 0 Å². The van der Waals surface area contributed by atoms with E-state index in [2.05, 4.69) is 63.9 Å². The summed E-state index contributed by atoms with van der Waals surface area (Å²) in [5.41, 5.74) is 4.05. The fourth-order valence-corrected chi connectivity index (χ4v) is 4.02. The van der Waals surface area contributed by atoms with Crippen LogP contribution in [0.1, 0.15) is 73.4 Å². The summed E-state index contributed by atoms with van der Waals surface area (Å²) in [5.74, 6) is 0.0603. The fourth-order valence-electron chi connectivity index (χ4n) is 4.02. The number of nitrogens with one attached hydrogen (secondary N) is 1. The summed E-state index contributed by atoms with van der Waals surface area (Å²) in [7, 11) is 0. The third-order valence-corrected chi connectivity index (χ3v) is 6.38. The lowest BCUT2D eigenvalue weighted by atomic mass is 9.86. The van der Waals surface area contributed by atoms with Crippen LogP contribution >= 0.6 is 0 Å². The Bertz CT molecular complexity index is 940. The van der Waals surface area contributed by atoms with E-state index in [1.807, 2.05) is 41.3 Å². The van der Waals surface area contributed by atoms with Crippen molar-refractivity contribution >= 4 is 11.8 Å². The number of hydrogen-bond donors (Lipinski definition) is 1. The van der Waals surface area contributed by atoms with Crippen LogP contribution in [0.5, 0.6) is 0 Å². The van der Waals surface area contributed by atoms with Gasteiger partial charge in [-0.2, -0.15) is 0 Å². The molecule has 0 aliphatic carbocycles. The molecular formula is C28H39N3O2. The molecule has 1 fully saturated rings. The second kappa shape index (κ2) is 10.1. The zero-order chi connectivity index (χ0) is 24.2. The Morgan fingerprint density at radius 3 is 1.64 bits per heavy atom. The van der Waals surface area contributed by atoms with Crippen molar-refractivity contribution in [1.29, 1.82) is 0 Å². The van der Waals surface area contributed by atoms with Gasteiger partial charge in [-0.15, -0.1) is 0 Å². The van der Waals surface area contributed by atoms with Gasteiger partial charge in [0.15, 0.2) is 0 Å². The molecule has 0 saturated carbocycles. The maximum absolute atomic E-state index is 12.9. The van der Waals surface area contributed by atoms with Gasteiger partial charge >= 0.3 is 0 Å². The van der Waals surface area contributed by atoms with Crippen molar-refractivity contribution < 1.29 is 9.59 Å². The third-order valence-electron chi connectivity index (χ3n) is 6.38. The van der Waals surface area contributed by atoms with E-state index in [0.29, 0.717) is 25.2 Å². The molecule has 1 N–H and O–H groups in total. The van der Waals surface area contributed by atoms with Crippen LogP contribution in [-0.4, -0.2) is 60.9 Å². The van der Waals surface area contributed by atoms with Gasteiger partial charge in [0, 0.05) is 50.4 Å². The molecule has 178 valence electrons. The fraction of sp³-hybridized carbons (Fsp3) is 0.500. The Morgan fingerprint density at radius 2 is 1.18 bits per heavy atom. The van der Waals surface area contributed by atoms with E-state index in [0.717, 1.165) is 25.2 Å². The van der Waals surface area contributed by atoms with Gasteiger partial charge in [0.2, 0.25) is 0 Å². The van der Waals surface area contributed by atoms with Crippen molar-refractivity contribution in [3.8, 4) is 0 Å². The molecule has 2 amide bonds. The predicted molar refractivity (Wildman–Crippen MR) is 135 cm³/mol. The van der Waals surface area contributed by atoms with E-state index in [1.165, 1.54) is 11.1 Å². The number of piperazine rings is 1. The maximum Gasteiger partial charge on any atom is 0.253 e. The van der Waals surface area contributed by atoms with Gasteiger partial charge in [-0.3, -0.25) is 14.5 Å². The molecule has 5 heteroatoms. The first kappa shape index (κ1) is 25.0. The molecule has 3 rings (SSSR count). The quantitative estimate of drug-likeness (QED) is 0.733. The molecule has 2 aromatic carbocycles. The van der Waals surface area contributed by atoms with Gasteiger partial charge < -0.3 is 10.2 Å². The lowest BCUT2D eigenvalue weighted by Gasteiger charge is -2.34. The van der Waals surface area contributed by atoms with Crippen LogP contribution in [0.3, 0.4) is 0 Å². The minimum absolute atomic E-state index is 0.0389. The van der Waals surface area contributed by atoms with Crippen LogP contribution in [-0.2, 0) is 10.8 Å². The first-order valence-corrected chi connectivity index (χ1v) is 12.0. The minimum atomic E-state index is -0.0389. The molecule has 5 nitrogen and oxygen atoms in total.